The molecule has 0 bridgehead atoms. The van der Waals surface area contributed by atoms with Gasteiger partial charge in [0.1, 0.15) is 18.2 Å². The Hall–Kier alpha value is -4.17. The number of benzene rings is 4. The average Bonchev–Trinajstić information content (AvgIpc) is 3.62. The monoisotopic (exact) mass is 494 g/mol. The summed E-state index contributed by atoms with van der Waals surface area (Å²) in [7, 11) is 2.09. The number of aromatic nitrogens is 1. The number of rotatable bonds is 4. The number of para-hydroxylation sites is 1. The highest BCUT2D eigenvalue weighted by Crippen LogP contribution is 2.41. The summed E-state index contributed by atoms with van der Waals surface area (Å²) in [5.74, 6) is 0.754. The van der Waals surface area contributed by atoms with Crippen molar-refractivity contribution in [2.24, 2.45) is 7.05 Å². The van der Waals surface area contributed by atoms with E-state index < -0.39 is 0 Å². The van der Waals surface area contributed by atoms with E-state index >= 15 is 0 Å². The first-order chi connectivity index (χ1) is 18.7. The van der Waals surface area contributed by atoms with Gasteiger partial charge in [-0.25, -0.2) is 4.57 Å². The molecule has 2 aromatic heterocycles. The Labute approximate surface area is 224 Å². The van der Waals surface area contributed by atoms with Crippen molar-refractivity contribution < 1.29 is 8.98 Å². The molecule has 4 aromatic carbocycles. The Morgan fingerprint density at radius 1 is 0.658 bits per heavy atom. The number of aryl methyl sites for hydroxylation is 2. The van der Waals surface area contributed by atoms with Crippen molar-refractivity contribution >= 4 is 21.9 Å². The lowest BCUT2D eigenvalue weighted by molar-refractivity contribution is -0.660. The molecule has 1 saturated carbocycles. The lowest BCUT2D eigenvalue weighted by atomic mass is 9.94. The Kier molecular flexibility index (Phi) is 5.62. The fraction of sp³-hybridized carbons (Fsp3) is 0.194. The molecule has 0 amide bonds. The first-order valence-electron chi connectivity index (χ1n) is 13.8. The van der Waals surface area contributed by atoms with Gasteiger partial charge in [0, 0.05) is 28.5 Å². The van der Waals surface area contributed by atoms with Crippen LogP contribution in [0.1, 0.15) is 42.7 Å². The molecule has 2 nitrogen and oxygen atoms in total. The van der Waals surface area contributed by atoms with E-state index in [4.69, 9.17) is 4.42 Å². The molecule has 0 spiro atoms. The minimum absolute atomic E-state index is 0.754. The number of hydrogen-bond donors (Lipinski definition) is 0. The Bertz CT molecular complexity index is 1770. The van der Waals surface area contributed by atoms with Crippen LogP contribution in [0.25, 0.3) is 55.4 Å². The van der Waals surface area contributed by atoms with E-state index in [9.17, 15) is 0 Å². The van der Waals surface area contributed by atoms with Gasteiger partial charge in [-0.05, 0) is 59.6 Å². The maximum absolute atomic E-state index is 6.72. The number of fused-ring (bicyclic) bond motifs is 3. The van der Waals surface area contributed by atoms with Gasteiger partial charge in [0.25, 0.3) is 0 Å². The van der Waals surface area contributed by atoms with E-state index in [-0.39, 0.29) is 0 Å². The predicted molar refractivity (Wildman–Crippen MR) is 157 cm³/mol. The van der Waals surface area contributed by atoms with E-state index in [2.05, 4.69) is 122 Å². The van der Waals surface area contributed by atoms with Crippen LogP contribution in [0.15, 0.2) is 108 Å². The molecule has 0 radical (unpaired) electrons. The maximum atomic E-state index is 6.72. The molecule has 7 rings (SSSR count). The largest absolute Gasteiger partial charge is 0.454 e. The van der Waals surface area contributed by atoms with Crippen molar-refractivity contribution in [2.45, 2.75) is 38.5 Å². The summed E-state index contributed by atoms with van der Waals surface area (Å²) in [6, 6.07) is 35.4. The number of furan rings is 1. The van der Waals surface area contributed by atoms with Crippen LogP contribution >= 0.6 is 0 Å². The summed E-state index contributed by atoms with van der Waals surface area (Å²) in [4.78, 5) is 0. The first kappa shape index (κ1) is 23.0. The highest BCUT2D eigenvalue weighted by atomic mass is 16.3. The van der Waals surface area contributed by atoms with Crippen LogP contribution in [0.3, 0.4) is 0 Å². The number of pyridine rings is 1. The van der Waals surface area contributed by atoms with Crippen LogP contribution in [-0.2, 0) is 7.05 Å². The van der Waals surface area contributed by atoms with Crippen molar-refractivity contribution in [1.29, 1.82) is 0 Å². The van der Waals surface area contributed by atoms with Crippen LogP contribution in [0.2, 0.25) is 0 Å². The highest BCUT2D eigenvalue weighted by molar-refractivity contribution is 6.13. The maximum Gasteiger partial charge on any atom is 0.216 e. The second-order valence-electron chi connectivity index (χ2n) is 10.8. The molecule has 0 atom stereocenters. The van der Waals surface area contributed by atoms with Gasteiger partial charge in [0.15, 0.2) is 6.20 Å². The standard InChI is InChI=1S/C36H32NO/c1-24-13-22-32-31-11-7-10-30(35(31)38-36(32)34(24)33-12-5-6-23-37(33)2)29-20-18-28(19-21-29)27-16-14-26(15-17-27)25-8-3-4-9-25/h5-7,10-23,25H,3-4,8-9H2,1-2H3/q+1. The normalized spacial score (nSPS) is 14.1. The highest BCUT2D eigenvalue weighted by Gasteiger charge is 2.21. The van der Waals surface area contributed by atoms with Crippen molar-refractivity contribution in [2.75, 3.05) is 0 Å². The second kappa shape index (κ2) is 9.29. The molecule has 1 aliphatic carbocycles. The Morgan fingerprint density at radius 2 is 1.34 bits per heavy atom. The predicted octanol–water partition coefficient (Wildman–Crippen LogP) is 9.38. The molecule has 2 heteroatoms. The van der Waals surface area contributed by atoms with Crippen LogP contribution in [0.4, 0.5) is 0 Å². The van der Waals surface area contributed by atoms with Crippen LogP contribution in [-0.4, -0.2) is 0 Å². The molecular formula is C36H32NO+. The van der Waals surface area contributed by atoms with Crippen LogP contribution in [0, 0.1) is 6.92 Å². The molecule has 1 aliphatic rings. The molecular weight excluding hydrogens is 462 g/mol. The Morgan fingerprint density at radius 3 is 2.08 bits per heavy atom. The summed E-state index contributed by atoms with van der Waals surface area (Å²) >= 11 is 0. The molecule has 0 saturated heterocycles. The van der Waals surface area contributed by atoms with Crippen molar-refractivity contribution in [3.8, 4) is 33.5 Å². The van der Waals surface area contributed by atoms with Crippen LogP contribution < -0.4 is 4.57 Å². The third-order valence-corrected chi connectivity index (χ3v) is 8.45. The van der Waals surface area contributed by atoms with Crippen molar-refractivity contribution in [3.63, 3.8) is 0 Å². The number of nitrogens with zero attached hydrogens (tertiary/aromatic N) is 1. The zero-order chi connectivity index (χ0) is 25.6. The molecule has 186 valence electrons. The fourth-order valence-electron chi connectivity index (χ4n) is 6.34. The SMILES string of the molecule is Cc1ccc2c(oc3c(-c4ccc(-c5ccc(C6CCCC6)cc5)cc4)cccc32)c1-c1cccc[n+]1C. The lowest BCUT2D eigenvalue weighted by Gasteiger charge is -2.11. The van der Waals surface area contributed by atoms with Gasteiger partial charge >= 0.3 is 0 Å². The molecule has 0 aliphatic heterocycles. The molecule has 2 heterocycles. The summed E-state index contributed by atoms with van der Waals surface area (Å²) in [5, 5.41) is 2.31. The molecule has 6 aromatic rings. The average molecular weight is 495 g/mol. The van der Waals surface area contributed by atoms with Crippen molar-refractivity contribution in [1.82, 2.24) is 0 Å². The molecule has 1 fully saturated rings. The summed E-state index contributed by atoms with van der Waals surface area (Å²) in [6.45, 7) is 2.16. The van der Waals surface area contributed by atoms with E-state index in [0.717, 1.165) is 44.7 Å². The quantitative estimate of drug-likeness (QED) is 0.223. The smallest absolute Gasteiger partial charge is 0.216 e. The van der Waals surface area contributed by atoms with Gasteiger partial charge in [-0.2, -0.15) is 0 Å². The van der Waals surface area contributed by atoms with Gasteiger partial charge in [0.2, 0.25) is 5.69 Å². The molecule has 0 unspecified atom stereocenters. The number of hydrogen-bond acceptors (Lipinski definition) is 1. The zero-order valence-corrected chi connectivity index (χ0v) is 22.1. The minimum atomic E-state index is 0.754. The fourth-order valence-corrected chi connectivity index (χ4v) is 6.34. The van der Waals surface area contributed by atoms with Gasteiger partial charge in [-0.1, -0.05) is 91.7 Å². The molecule has 0 N–H and O–H groups in total. The van der Waals surface area contributed by atoms with E-state index in [1.54, 1.807) is 0 Å². The first-order valence-corrected chi connectivity index (χ1v) is 13.8. The van der Waals surface area contributed by atoms with Crippen molar-refractivity contribution in [3.05, 3.63) is 114 Å². The Balaban J connectivity index is 1.29. The lowest BCUT2D eigenvalue weighted by Crippen LogP contribution is -2.30. The summed E-state index contributed by atoms with van der Waals surface area (Å²) in [6.07, 6.45) is 7.51. The van der Waals surface area contributed by atoms with E-state index in [0.29, 0.717) is 0 Å². The van der Waals surface area contributed by atoms with Gasteiger partial charge < -0.3 is 4.42 Å². The molecule has 38 heavy (non-hydrogen) atoms. The third kappa shape index (κ3) is 3.83. The van der Waals surface area contributed by atoms with Crippen LogP contribution in [0.5, 0.6) is 0 Å². The third-order valence-electron chi connectivity index (χ3n) is 8.45. The summed E-state index contributed by atoms with van der Waals surface area (Å²) < 4.78 is 8.88. The van der Waals surface area contributed by atoms with E-state index in [1.165, 1.54) is 53.5 Å². The van der Waals surface area contributed by atoms with E-state index in [1.807, 2.05) is 0 Å². The zero-order valence-electron chi connectivity index (χ0n) is 22.1. The minimum Gasteiger partial charge on any atom is -0.454 e. The van der Waals surface area contributed by atoms with Gasteiger partial charge in [-0.3, -0.25) is 0 Å². The topological polar surface area (TPSA) is 17.0 Å². The second-order valence-corrected chi connectivity index (χ2v) is 10.8. The van der Waals surface area contributed by atoms with Gasteiger partial charge in [-0.15, -0.1) is 0 Å². The van der Waals surface area contributed by atoms with Gasteiger partial charge in [0.05, 0.1) is 5.56 Å². The summed E-state index contributed by atoms with van der Waals surface area (Å²) in [5.41, 5.74) is 11.7.